The lowest BCUT2D eigenvalue weighted by Gasteiger charge is -2.37. The number of nitro benzene ring substituents is 1. The van der Waals surface area contributed by atoms with Crippen molar-refractivity contribution in [1.82, 2.24) is 4.90 Å². The summed E-state index contributed by atoms with van der Waals surface area (Å²) in [4.78, 5) is 12.4. The molecule has 1 aromatic carbocycles. The zero-order valence-electron chi connectivity index (χ0n) is 12.3. The molecular formula is C15H22N2O4. The minimum Gasteiger partial charge on any atom is -0.492 e. The molecule has 1 aliphatic heterocycles. The first-order chi connectivity index (χ1) is 10.1. The number of aliphatic hydroxyl groups excluding tert-OH is 1. The van der Waals surface area contributed by atoms with Crippen LogP contribution in [0.5, 0.6) is 5.75 Å². The number of ether oxygens (including phenoxy) is 1. The molecule has 1 N–H and O–H groups in total. The lowest BCUT2D eigenvalue weighted by Crippen LogP contribution is -2.47. The van der Waals surface area contributed by atoms with E-state index in [1.807, 2.05) is 6.92 Å². The maximum atomic E-state index is 10.6. The van der Waals surface area contributed by atoms with E-state index >= 15 is 0 Å². The van der Waals surface area contributed by atoms with Crippen molar-refractivity contribution in [3.8, 4) is 5.75 Å². The maximum absolute atomic E-state index is 10.6. The summed E-state index contributed by atoms with van der Waals surface area (Å²) in [6, 6.07) is 6.31. The van der Waals surface area contributed by atoms with Crippen LogP contribution in [0.4, 0.5) is 5.69 Å². The minimum absolute atomic E-state index is 0.0625. The summed E-state index contributed by atoms with van der Waals surface area (Å²) in [5.74, 6) is 0.631. The number of hydrogen-bond acceptors (Lipinski definition) is 5. The number of hydrogen-bond donors (Lipinski definition) is 1. The third kappa shape index (κ3) is 4.41. The van der Waals surface area contributed by atoms with E-state index in [-0.39, 0.29) is 17.8 Å². The summed E-state index contributed by atoms with van der Waals surface area (Å²) in [6.45, 7) is 4.09. The van der Waals surface area contributed by atoms with E-state index < -0.39 is 4.92 Å². The molecule has 2 rings (SSSR count). The van der Waals surface area contributed by atoms with Crippen LogP contribution in [0.3, 0.4) is 0 Å². The number of benzene rings is 1. The molecule has 0 radical (unpaired) electrons. The summed E-state index contributed by atoms with van der Waals surface area (Å²) >= 11 is 0. The molecule has 2 unspecified atom stereocenters. The molecule has 1 aliphatic rings. The number of nitro groups is 1. The lowest BCUT2D eigenvalue weighted by molar-refractivity contribution is -0.384. The van der Waals surface area contributed by atoms with E-state index in [4.69, 9.17) is 4.74 Å². The largest absolute Gasteiger partial charge is 0.492 e. The highest BCUT2D eigenvalue weighted by Gasteiger charge is 2.25. The smallest absolute Gasteiger partial charge is 0.269 e. The van der Waals surface area contributed by atoms with Crippen LogP contribution in [0.15, 0.2) is 24.3 Å². The van der Waals surface area contributed by atoms with Crippen molar-refractivity contribution in [2.75, 3.05) is 19.7 Å². The van der Waals surface area contributed by atoms with Crippen molar-refractivity contribution in [1.29, 1.82) is 0 Å². The summed E-state index contributed by atoms with van der Waals surface area (Å²) < 4.78 is 5.63. The van der Waals surface area contributed by atoms with Crippen LogP contribution in [-0.2, 0) is 0 Å². The average Bonchev–Trinajstić information content (AvgIpc) is 2.48. The van der Waals surface area contributed by atoms with Crippen LogP contribution in [0.1, 0.15) is 26.2 Å². The maximum Gasteiger partial charge on any atom is 0.269 e. The summed E-state index contributed by atoms with van der Waals surface area (Å²) in [5.41, 5.74) is 0.0625. The van der Waals surface area contributed by atoms with Crippen LogP contribution in [0.2, 0.25) is 0 Å². The fourth-order valence-electron chi connectivity index (χ4n) is 2.79. The number of aliphatic hydroxyl groups is 1. The van der Waals surface area contributed by atoms with E-state index in [1.54, 1.807) is 12.1 Å². The summed E-state index contributed by atoms with van der Waals surface area (Å²) in [5, 5.41) is 20.4. The Balaban J connectivity index is 1.81. The van der Waals surface area contributed by atoms with Gasteiger partial charge in [0.25, 0.3) is 5.69 Å². The molecule has 6 heteroatoms. The molecule has 6 nitrogen and oxygen atoms in total. The van der Waals surface area contributed by atoms with Gasteiger partial charge in [-0.25, -0.2) is 0 Å². The monoisotopic (exact) mass is 294 g/mol. The summed E-state index contributed by atoms with van der Waals surface area (Å²) in [6.07, 6.45) is 3.01. The molecule has 0 bridgehead atoms. The first-order valence-corrected chi connectivity index (χ1v) is 7.37. The number of piperidine rings is 1. The Hall–Kier alpha value is -1.66. The van der Waals surface area contributed by atoms with Crippen molar-refractivity contribution in [2.24, 2.45) is 0 Å². The number of likely N-dealkylation sites (tertiary alicyclic amines) is 1. The molecule has 0 amide bonds. The van der Waals surface area contributed by atoms with Gasteiger partial charge >= 0.3 is 0 Å². The fourth-order valence-corrected chi connectivity index (χ4v) is 2.79. The highest BCUT2D eigenvalue weighted by molar-refractivity contribution is 5.35. The van der Waals surface area contributed by atoms with Gasteiger partial charge in [-0.05, 0) is 38.4 Å². The Morgan fingerprint density at radius 1 is 1.43 bits per heavy atom. The summed E-state index contributed by atoms with van der Waals surface area (Å²) in [7, 11) is 0. The van der Waals surface area contributed by atoms with Crippen LogP contribution < -0.4 is 4.74 Å². The average molecular weight is 294 g/mol. The Morgan fingerprint density at radius 2 is 2.14 bits per heavy atom. The van der Waals surface area contributed by atoms with Gasteiger partial charge in [0.1, 0.15) is 12.4 Å². The highest BCUT2D eigenvalue weighted by atomic mass is 16.6. The Morgan fingerprint density at radius 3 is 2.76 bits per heavy atom. The van der Waals surface area contributed by atoms with Crippen LogP contribution in [0.25, 0.3) is 0 Å². The molecule has 0 spiro atoms. The molecule has 116 valence electrons. The Bertz CT molecular complexity index is 461. The van der Waals surface area contributed by atoms with Crippen LogP contribution in [-0.4, -0.2) is 46.8 Å². The van der Waals surface area contributed by atoms with Crippen molar-refractivity contribution in [2.45, 2.75) is 38.3 Å². The lowest BCUT2D eigenvalue weighted by atomic mass is 9.98. The van der Waals surface area contributed by atoms with Gasteiger partial charge in [0.2, 0.25) is 0 Å². The minimum atomic E-state index is -0.426. The van der Waals surface area contributed by atoms with Crippen molar-refractivity contribution in [3.05, 3.63) is 34.4 Å². The second kappa shape index (κ2) is 7.38. The van der Waals surface area contributed by atoms with Gasteiger partial charge < -0.3 is 9.84 Å². The van der Waals surface area contributed by atoms with E-state index in [0.29, 0.717) is 12.4 Å². The second-order valence-corrected chi connectivity index (χ2v) is 5.44. The van der Waals surface area contributed by atoms with Gasteiger partial charge in [0.15, 0.2) is 0 Å². The van der Waals surface area contributed by atoms with Crippen molar-refractivity contribution >= 4 is 5.69 Å². The standard InChI is InChI=1S/C15H22N2O4/c1-12(18)15-4-2-3-9-16(15)10-11-21-14-7-5-13(6-8-14)17(19)20/h5-8,12,15,18H,2-4,9-11H2,1H3. The zero-order valence-corrected chi connectivity index (χ0v) is 12.3. The van der Waals surface area contributed by atoms with Crippen molar-refractivity contribution < 1.29 is 14.8 Å². The topological polar surface area (TPSA) is 75.8 Å². The van der Waals surface area contributed by atoms with Gasteiger partial charge in [-0.1, -0.05) is 6.42 Å². The molecule has 0 saturated carbocycles. The first-order valence-electron chi connectivity index (χ1n) is 7.37. The molecule has 1 saturated heterocycles. The second-order valence-electron chi connectivity index (χ2n) is 5.44. The Labute approximate surface area is 124 Å². The Kier molecular flexibility index (Phi) is 5.52. The molecule has 2 atom stereocenters. The molecule has 1 aromatic rings. The van der Waals surface area contributed by atoms with E-state index in [2.05, 4.69) is 4.90 Å². The molecule has 0 aromatic heterocycles. The van der Waals surface area contributed by atoms with E-state index in [9.17, 15) is 15.2 Å². The number of non-ortho nitro benzene ring substituents is 1. The molecule has 0 aliphatic carbocycles. The number of nitrogens with zero attached hydrogens (tertiary/aromatic N) is 2. The third-order valence-electron chi connectivity index (χ3n) is 3.92. The highest BCUT2D eigenvalue weighted by Crippen LogP contribution is 2.20. The number of rotatable bonds is 6. The normalized spacial score (nSPS) is 21.0. The molecule has 1 fully saturated rings. The quantitative estimate of drug-likeness (QED) is 0.643. The first kappa shape index (κ1) is 15.7. The van der Waals surface area contributed by atoms with E-state index in [0.717, 1.165) is 32.4 Å². The predicted molar refractivity (Wildman–Crippen MR) is 79.5 cm³/mol. The van der Waals surface area contributed by atoms with Gasteiger partial charge in [-0.3, -0.25) is 15.0 Å². The van der Waals surface area contributed by atoms with Crippen LogP contribution >= 0.6 is 0 Å². The van der Waals surface area contributed by atoms with Gasteiger partial charge in [0, 0.05) is 24.7 Å². The van der Waals surface area contributed by atoms with Gasteiger partial charge in [0.05, 0.1) is 11.0 Å². The molecule has 1 heterocycles. The fraction of sp³-hybridized carbons (Fsp3) is 0.600. The van der Waals surface area contributed by atoms with Gasteiger partial charge in [-0.15, -0.1) is 0 Å². The predicted octanol–water partition coefficient (Wildman–Crippen LogP) is 2.21. The SMILES string of the molecule is CC(O)C1CCCCN1CCOc1ccc([N+](=O)[O-])cc1. The molecule has 21 heavy (non-hydrogen) atoms. The van der Waals surface area contributed by atoms with Gasteiger partial charge in [-0.2, -0.15) is 0 Å². The molecular weight excluding hydrogens is 272 g/mol. The zero-order chi connectivity index (χ0) is 15.2. The third-order valence-corrected chi connectivity index (χ3v) is 3.92. The van der Waals surface area contributed by atoms with E-state index in [1.165, 1.54) is 12.1 Å². The van der Waals surface area contributed by atoms with Crippen molar-refractivity contribution in [3.63, 3.8) is 0 Å². The van der Waals surface area contributed by atoms with Crippen LogP contribution in [0, 0.1) is 10.1 Å².